The van der Waals surface area contributed by atoms with Gasteiger partial charge >= 0.3 is 0 Å². The molecule has 0 aromatic heterocycles. The van der Waals surface area contributed by atoms with E-state index < -0.39 is 40.4 Å². The Bertz CT molecular complexity index is 7010. The van der Waals surface area contributed by atoms with Crippen LogP contribution < -0.4 is 109 Å². The van der Waals surface area contributed by atoms with Gasteiger partial charge in [0.1, 0.15) is 0 Å². The largest absolute Gasteiger partial charge is 0.311 e. The van der Waals surface area contributed by atoms with Crippen molar-refractivity contribution in [1.82, 2.24) is 0 Å². The van der Waals surface area contributed by atoms with Crippen LogP contribution in [-0.2, 0) is 0 Å². The van der Waals surface area contributed by atoms with E-state index >= 15 is 0 Å². The first-order valence-corrected chi connectivity index (χ1v) is 63.4. The van der Waals surface area contributed by atoms with Crippen LogP contribution in [0, 0.1) is 48.5 Å². The normalized spacial score (nSPS) is 14.1. The zero-order valence-electron chi connectivity index (χ0n) is 78.1. The maximum Gasteiger partial charge on any atom is 0.252 e. The summed E-state index contributed by atoms with van der Waals surface area (Å²) in [6.07, 6.45) is 0. The summed E-state index contributed by atoms with van der Waals surface area (Å²) in [5.74, 6) is 0. The summed E-state index contributed by atoms with van der Waals surface area (Å²) >= 11 is 0. The fraction of sp³-hybridized carbons (Fsp3) is 0.196. The lowest BCUT2D eigenvalue weighted by Crippen LogP contribution is -2.63. The van der Waals surface area contributed by atoms with E-state index in [-0.39, 0.29) is 20.1 Å². The minimum absolute atomic E-state index is 0.206. The molecule has 0 radical (unpaired) electrons. The fourth-order valence-electron chi connectivity index (χ4n) is 21.4. The highest BCUT2D eigenvalue weighted by Crippen LogP contribution is 2.59. The van der Waals surface area contributed by atoms with Crippen LogP contribution in [0.3, 0.4) is 0 Å². The Labute approximate surface area is 760 Å². The lowest BCUT2D eigenvalue weighted by molar-refractivity contribution is 1.18. The van der Waals surface area contributed by atoms with Crippen molar-refractivity contribution in [3.63, 3.8) is 0 Å². The van der Waals surface area contributed by atoms with Crippen molar-refractivity contribution in [3.05, 3.63) is 330 Å². The molecule has 0 saturated heterocycles. The SMILES string of the molecule is Cc1ccc(N2c3ccc(C)cc3B3c4cc(C)ccc4N(c4ccc([Si](C)(C)C)cc4)c4c(N(c5ccc6c7c5N(c5ccc(C)cc5)c5ccc(C)cc5B7c5cc(C)ccc5N6c5ccc([Si](C)(C)C)cc5)c5ccc6c7c5N(c5ccc(C)cc5)c5ccc([Si](C)(C)C)cc5B7c5cc([Si](C)(C)C)ccc5N6c5ccc([Si](C)(C)C)cc5)ccc2c43)cc1. The number of fused-ring (bicyclic) bond motifs is 12. The maximum atomic E-state index is 2.85. The van der Waals surface area contributed by atoms with Crippen molar-refractivity contribution in [2.75, 3.05) is 34.3 Å². The van der Waals surface area contributed by atoms with Gasteiger partial charge in [0.2, 0.25) is 0 Å². The fourth-order valence-corrected chi connectivity index (χ4v) is 27.3. The number of hydrogen-bond acceptors (Lipinski definition) is 7. The molecule has 0 saturated carbocycles. The zero-order valence-corrected chi connectivity index (χ0v) is 83.1. The van der Waals surface area contributed by atoms with Crippen molar-refractivity contribution in [1.29, 1.82) is 0 Å². The van der Waals surface area contributed by atoms with E-state index in [9.17, 15) is 0 Å². The summed E-state index contributed by atoms with van der Waals surface area (Å²) in [7, 11) is -9.39. The average Bonchev–Trinajstić information content (AvgIpc) is 0.681. The summed E-state index contributed by atoms with van der Waals surface area (Å²) in [6, 6.07) is 118. The Hall–Kier alpha value is -11.8. The first-order chi connectivity index (χ1) is 60.5. The van der Waals surface area contributed by atoms with Gasteiger partial charge in [-0.05, 0) is 243 Å². The molecule has 127 heavy (non-hydrogen) atoms. The third-order valence-electron chi connectivity index (χ3n) is 28.2. The van der Waals surface area contributed by atoms with Gasteiger partial charge in [-0.3, -0.25) is 0 Å². The molecule has 6 heterocycles. The Kier molecular flexibility index (Phi) is 19.2. The summed E-state index contributed by atoms with van der Waals surface area (Å²) in [5.41, 5.74) is 44.2. The number of hydrogen-bond donors (Lipinski definition) is 0. The van der Waals surface area contributed by atoms with Crippen molar-refractivity contribution in [2.45, 2.75) is 147 Å². The molecule has 15 aromatic rings. The van der Waals surface area contributed by atoms with Crippen molar-refractivity contribution >= 4 is 255 Å². The molecule has 0 atom stereocenters. The minimum atomic E-state index is -2.02. The number of nitrogens with zero attached hydrogens (tertiary/aromatic N) is 7. The Morgan fingerprint density at radius 3 is 0.598 bits per heavy atom. The van der Waals surface area contributed by atoms with Crippen LogP contribution in [-0.4, -0.2) is 60.5 Å². The predicted molar refractivity (Wildman–Crippen MR) is 571 cm³/mol. The summed E-state index contributed by atoms with van der Waals surface area (Å²) in [6.45, 7) is 52.8. The van der Waals surface area contributed by atoms with E-state index in [1.807, 2.05) is 0 Å². The van der Waals surface area contributed by atoms with Crippen LogP contribution >= 0.6 is 0 Å². The molecule has 6 aliphatic rings. The van der Waals surface area contributed by atoms with Crippen molar-refractivity contribution < 1.29 is 0 Å². The van der Waals surface area contributed by atoms with Gasteiger partial charge in [0.05, 0.1) is 74.5 Å². The highest BCUT2D eigenvalue weighted by molar-refractivity contribution is 7.03. The number of aryl methyl sites for hydroxylation is 7. The second-order valence-electron chi connectivity index (χ2n) is 42.4. The van der Waals surface area contributed by atoms with Gasteiger partial charge < -0.3 is 34.3 Å². The summed E-state index contributed by atoms with van der Waals surface area (Å²) in [5, 5.41) is 7.20. The van der Waals surface area contributed by atoms with Gasteiger partial charge in [0.25, 0.3) is 20.1 Å². The Morgan fingerprint density at radius 2 is 0.362 bits per heavy atom. The summed E-state index contributed by atoms with van der Waals surface area (Å²) in [4.78, 5) is 18.9. The standard InChI is InChI=1S/C112H114B3N7Si5/c1-71-23-33-78(34-24-71)116-95-53-29-74(4)65-89(95)113-92-68-77(7)32-56-99(92)121(83-43-49-86(50-44-83)125(14,15)16)111-105(62-59-101(116)107(111)113)122(104-63-60-102-108-110(104)119(81-35-25-72(2)26-36-81)98-55-31-76(6)67-91(98)114(108)90-66-75(5)30-54-96(90)117(102)79-39-45-84(46-40-79)123(8,9)10)106-64-61-103-109-112(106)120(82-37-27-73(3)28-38-82)100-58-52-88(127(20,21)22)70-94(100)115(109)93-69-87(126(17,18)19)51-57-97(93)118(103)80-41-47-85(48-42-80)124(11,12)13/h23-70H,1-22H3. The minimum Gasteiger partial charge on any atom is -0.311 e. The molecule has 0 spiro atoms. The average molecular weight is 1730 g/mol. The highest BCUT2D eigenvalue weighted by Gasteiger charge is 2.52. The molecule has 15 heteroatoms. The van der Waals surface area contributed by atoms with E-state index in [2.05, 4.69) is 472 Å². The van der Waals surface area contributed by atoms with E-state index in [1.54, 1.807) is 0 Å². The first kappa shape index (κ1) is 82.2. The van der Waals surface area contributed by atoms with Gasteiger partial charge in [0, 0.05) is 85.3 Å². The van der Waals surface area contributed by atoms with Gasteiger partial charge in [0.15, 0.2) is 0 Å². The third kappa shape index (κ3) is 13.4. The molecule has 0 amide bonds. The van der Waals surface area contributed by atoms with Crippen LogP contribution in [0.4, 0.5) is 119 Å². The molecule has 0 unspecified atom stereocenters. The van der Waals surface area contributed by atoms with E-state index in [0.717, 1.165) is 85.3 Å². The molecule has 0 N–H and O–H groups in total. The van der Waals surface area contributed by atoms with Crippen LogP contribution in [0.1, 0.15) is 38.9 Å². The lowest BCUT2D eigenvalue weighted by atomic mass is 9.33. The molecule has 0 bridgehead atoms. The zero-order chi connectivity index (χ0) is 88.5. The van der Waals surface area contributed by atoms with Crippen LogP contribution in [0.25, 0.3) is 0 Å². The van der Waals surface area contributed by atoms with Crippen molar-refractivity contribution in [2.24, 2.45) is 0 Å². The Morgan fingerprint density at radius 1 is 0.181 bits per heavy atom. The Balaban J connectivity index is 0.990. The third-order valence-corrected chi connectivity index (χ3v) is 38.5. The van der Waals surface area contributed by atoms with Crippen molar-refractivity contribution in [3.8, 4) is 0 Å². The van der Waals surface area contributed by atoms with Gasteiger partial charge in [-0.25, -0.2) is 0 Å². The smallest absolute Gasteiger partial charge is 0.252 e. The number of rotatable bonds is 14. The highest BCUT2D eigenvalue weighted by atomic mass is 28.3. The number of anilines is 21. The monoisotopic (exact) mass is 1730 g/mol. The quantitative estimate of drug-likeness (QED) is 0.1000. The molecule has 626 valence electrons. The topological polar surface area (TPSA) is 22.7 Å². The molecule has 7 nitrogen and oxygen atoms in total. The number of benzene rings is 15. The molecule has 21 rings (SSSR count). The van der Waals surface area contributed by atoms with Crippen LogP contribution in [0.5, 0.6) is 0 Å². The molecule has 0 aliphatic carbocycles. The molecular weight excluding hydrogens is 1620 g/mol. The predicted octanol–water partition coefficient (Wildman–Crippen LogP) is 22.3. The molecule has 0 fully saturated rings. The molecule has 6 aliphatic heterocycles. The summed E-state index contributed by atoms with van der Waals surface area (Å²) < 4.78 is 0. The maximum absolute atomic E-state index is 2.85. The second-order valence-corrected chi connectivity index (χ2v) is 67.8. The van der Waals surface area contributed by atoms with E-state index in [1.165, 1.54) is 148 Å². The lowest BCUT2D eigenvalue weighted by Gasteiger charge is -2.49. The van der Waals surface area contributed by atoms with E-state index in [4.69, 9.17) is 0 Å². The van der Waals surface area contributed by atoms with Gasteiger partial charge in [-0.2, -0.15) is 0 Å². The van der Waals surface area contributed by atoms with Gasteiger partial charge in [-0.15, -0.1) is 0 Å². The van der Waals surface area contributed by atoms with Crippen LogP contribution in [0.2, 0.25) is 98.2 Å². The van der Waals surface area contributed by atoms with Gasteiger partial charge in [-0.1, -0.05) is 309 Å². The second kappa shape index (κ2) is 29.6. The molecular formula is C112H114B3N7Si5. The molecule has 15 aromatic carbocycles. The first-order valence-electron chi connectivity index (χ1n) is 45.9. The van der Waals surface area contributed by atoms with Crippen LogP contribution in [0.15, 0.2) is 291 Å². The van der Waals surface area contributed by atoms with E-state index in [0.29, 0.717) is 0 Å².